The maximum atomic E-state index is 5.52. The van der Waals surface area contributed by atoms with Crippen molar-refractivity contribution in [1.29, 1.82) is 0 Å². The molecule has 3 aliphatic rings. The molecule has 20 heavy (non-hydrogen) atoms. The fraction of sp³-hybridized carbons (Fsp3) is 1.00. The highest BCUT2D eigenvalue weighted by molar-refractivity contribution is 4.95. The molecule has 3 rings (SSSR count). The number of hydrogen-bond acceptors (Lipinski definition) is 4. The second-order valence-corrected chi connectivity index (χ2v) is 7.32. The smallest absolute Gasteiger partial charge is 0.0594 e. The van der Waals surface area contributed by atoms with E-state index in [9.17, 15) is 0 Å². The van der Waals surface area contributed by atoms with Crippen LogP contribution in [0, 0.1) is 11.3 Å². The van der Waals surface area contributed by atoms with Gasteiger partial charge in [0.05, 0.1) is 13.2 Å². The Morgan fingerprint density at radius 1 is 1.25 bits per heavy atom. The summed E-state index contributed by atoms with van der Waals surface area (Å²) in [7, 11) is 0. The largest absolute Gasteiger partial charge is 0.379 e. The summed E-state index contributed by atoms with van der Waals surface area (Å²) in [6, 6.07) is 0.766. The number of hydrogen-bond donors (Lipinski definition) is 1. The summed E-state index contributed by atoms with van der Waals surface area (Å²) in [4.78, 5) is 5.42. The van der Waals surface area contributed by atoms with Gasteiger partial charge < -0.3 is 15.0 Å². The molecule has 1 N–H and O–H groups in total. The molecule has 0 aromatic heterocycles. The fourth-order valence-electron chi connectivity index (χ4n) is 4.34. The Morgan fingerprint density at radius 3 is 2.70 bits per heavy atom. The predicted molar refractivity (Wildman–Crippen MR) is 82.0 cm³/mol. The molecule has 4 nitrogen and oxygen atoms in total. The van der Waals surface area contributed by atoms with Crippen molar-refractivity contribution in [3.8, 4) is 0 Å². The van der Waals surface area contributed by atoms with Crippen LogP contribution in [0.1, 0.15) is 26.7 Å². The zero-order chi connectivity index (χ0) is 14.0. The average Bonchev–Trinajstić information content (AvgIpc) is 3.06. The summed E-state index contributed by atoms with van der Waals surface area (Å²) in [5.41, 5.74) is 0.498. The van der Waals surface area contributed by atoms with Crippen LogP contribution in [0.5, 0.6) is 0 Å². The molecule has 0 spiro atoms. The van der Waals surface area contributed by atoms with Crippen LogP contribution in [0.4, 0.5) is 0 Å². The highest BCUT2D eigenvalue weighted by Crippen LogP contribution is 2.31. The van der Waals surface area contributed by atoms with Crippen LogP contribution in [-0.4, -0.2) is 74.9 Å². The molecule has 0 aromatic carbocycles. The molecule has 0 amide bonds. The van der Waals surface area contributed by atoms with Gasteiger partial charge in [-0.2, -0.15) is 0 Å². The zero-order valence-corrected chi connectivity index (χ0v) is 13.2. The first-order valence-electron chi connectivity index (χ1n) is 8.45. The van der Waals surface area contributed by atoms with Crippen LogP contribution in [0.2, 0.25) is 0 Å². The molecule has 3 saturated heterocycles. The van der Waals surface area contributed by atoms with E-state index in [4.69, 9.17) is 4.74 Å². The lowest BCUT2D eigenvalue weighted by Gasteiger charge is -2.35. The second kappa shape index (κ2) is 6.30. The van der Waals surface area contributed by atoms with Gasteiger partial charge in [-0.1, -0.05) is 20.3 Å². The molecular formula is C16H31N3O. The highest BCUT2D eigenvalue weighted by atomic mass is 16.5. The molecule has 0 bridgehead atoms. The molecule has 116 valence electrons. The lowest BCUT2D eigenvalue weighted by molar-refractivity contribution is 0.00979. The van der Waals surface area contributed by atoms with Gasteiger partial charge in [-0.15, -0.1) is 0 Å². The molecule has 3 atom stereocenters. The number of nitrogens with one attached hydrogen (secondary N) is 1. The predicted octanol–water partition coefficient (Wildman–Crippen LogP) is 1.03. The summed E-state index contributed by atoms with van der Waals surface area (Å²) in [6.45, 7) is 15.2. The van der Waals surface area contributed by atoms with E-state index in [1.165, 1.54) is 45.6 Å². The Labute approximate surface area is 123 Å². The minimum absolute atomic E-state index is 0.498. The Bertz CT molecular complexity index is 311. The summed E-state index contributed by atoms with van der Waals surface area (Å²) in [5.74, 6) is 0.853. The normalized spacial score (nSPS) is 40.5. The number of rotatable bonds is 4. The third-order valence-corrected chi connectivity index (χ3v) is 5.58. The minimum Gasteiger partial charge on any atom is -0.379 e. The van der Waals surface area contributed by atoms with Crippen molar-refractivity contribution in [3.05, 3.63) is 0 Å². The van der Waals surface area contributed by atoms with E-state index in [0.29, 0.717) is 5.41 Å². The maximum absolute atomic E-state index is 5.52. The summed E-state index contributed by atoms with van der Waals surface area (Å²) in [6.07, 6.45) is 2.65. The number of ether oxygens (including phenoxy) is 1. The molecule has 0 saturated carbocycles. The molecular weight excluding hydrogens is 250 g/mol. The monoisotopic (exact) mass is 281 g/mol. The lowest BCUT2D eigenvalue weighted by Crippen LogP contribution is -2.47. The van der Waals surface area contributed by atoms with E-state index in [-0.39, 0.29) is 0 Å². The molecule has 3 unspecified atom stereocenters. The minimum atomic E-state index is 0.498. The highest BCUT2D eigenvalue weighted by Gasteiger charge is 2.39. The first kappa shape index (κ1) is 14.8. The van der Waals surface area contributed by atoms with Crippen LogP contribution >= 0.6 is 0 Å². The second-order valence-electron chi connectivity index (χ2n) is 7.32. The first-order chi connectivity index (χ1) is 9.70. The lowest BCUT2D eigenvalue weighted by atomic mass is 9.89. The van der Waals surface area contributed by atoms with Crippen molar-refractivity contribution in [3.63, 3.8) is 0 Å². The van der Waals surface area contributed by atoms with Crippen LogP contribution in [0.3, 0.4) is 0 Å². The number of morpholine rings is 1. The Balaban J connectivity index is 1.58. The molecule has 3 fully saturated rings. The Hall–Kier alpha value is -0.160. The molecule has 4 heteroatoms. The van der Waals surface area contributed by atoms with Crippen molar-refractivity contribution < 1.29 is 4.74 Å². The quantitative estimate of drug-likeness (QED) is 0.833. The first-order valence-corrected chi connectivity index (χ1v) is 8.45. The van der Waals surface area contributed by atoms with Crippen molar-refractivity contribution in [2.45, 2.75) is 32.7 Å². The Kier molecular flexibility index (Phi) is 4.65. The number of nitrogens with zero attached hydrogens (tertiary/aromatic N) is 2. The summed E-state index contributed by atoms with van der Waals surface area (Å²) >= 11 is 0. The van der Waals surface area contributed by atoms with E-state index >= 15 is 0 Å². The molecule has 0 aliphatic carbocycles. The van der Waals surface area contributed by atoms with Crippen molar-refractivity contribution >= 4 is 0 Å². The van der Waals surface area contributed by atoms with Gasteiger partial charge in [0.2, 0.25) is 0 Å². The molecule has 3 heterocycles. The van der Waals surface area contributed by atoms with Gasteiger partial charge in [0.1, 0.15) is 0 Å². The van der Waals surface area contributed by atoms with Gasteiger partial charge in [0.25, 0.3) is 0 Å². The topological polar surface area (TPSA) is 27.7 Å². The molecule has 3 aliphatic heterocycles. The number of likely N-dealkylation sites (tertiary alicyclic amines) is 1. The van der Waals surface area contributed by atoms with Crippen LogP contribution < -0.4 is 5.32 Å². The van der Waals surface area contributed by atoms with E-state index in [1.54, 1.807) is 0 Å². The SMILES string of the molecule is CCC1CN(CC2(C)CCNC2)CC1N1CCOCC1. The van der Waals surface area contributed by atoms with E-state index in [2.05, 4.69) is 29.0 Å². The van der Waals surface area contributed by atoms with Gasteiger partial charge in [-0.05, 0) is 24.3 Å². The van der Waals surface area contributed by atoms with E-state index in [1.807, 2.05) is 0 Å². The Morgan fingerprint density at radius 2 is 2.05 bits per heavy atom. The van der Waals surface area contributed by atoms with Gasteiger partial charge in [-0.25, -0.2) is 0 Å². The van der Waals surface area contributed by atoms with E-state index < -0.39 is 0 Å². The summed E-state index contributed by atoms with van der Waals surface area (Å²) < 4.78 is 5.52. The van der Waals surface area contributed by atoms with E-state index in [0.717, 1.165) is 38.3 Å². The van der Waals surface area contributed by atoms with Gasteiger partial charge in [-0.3, -0.25) is 4.90 Å². The summed E-state index contributed by atoms with van der Waals surface area (Å²) in [5, 5.41) is 3.53. The van der Waals surface area contributed by atoms with Crippen molar-refractivity contribution in [2.24, 2.45) is 11.3 Å². The third kappa shape index (κ3) is 3.19. The standard InChI is InChI=1S/C16H31N3O/c1-3-14-10-18(13-16(2)4-5-17-12-16)11-15(14)19-6-8-20-9-7-19/h14-15,17H,3-13H2,1-2H3. The molecule has 0 radical (unpaired) electrons. The maximum Gasteiger partial charge on any atom is 0.0594 e. The third-order valence-electron chi connectivity index (χ3n) is 5.58. The molecule has 0 aromatic rings. The van der Waals surface area contributed by atoms with Crippen LogP contribution in [0.25, 0.3) is 0 Å². The van der Waals surface area contributed by atoms with Crippen molar-refractivity contribution in [2.75, 3.05) is 59.0 Å². The van der Waals surface area contributed by atoms with Gasteiger partial charge in [0.15, 0.2) is 0 Å². The fourth-order valence-corrected chi connectivity index (χ4v) is 4.34. The van der Waals surface area contributed by atoms with Crippen LogP contribution in [0.15, 0.2) is 0 Å². The van der Waals surface area contributed by atoms with Crippen LogP contribution in [-0.2, 0) is 4.74 Å². The van der Waals surface area contributed by atoms with Gasteiger partial charge >= 0.3 is 0 Å². The van der Waals surface area contributed by atoms with Crippen molar-refractivity contribution in [1.82, 2.24) is 15.1 Å². The van der Waals surface area contributed by atoms with Gasteiger partial charge in [0, 0.05) is 45.3 Å². The average molecular weight is 281 g/mol. The zero-order valence-electron chi connectivity index (χ0n) is 13.2.